The fourth-order valence-corrected chi connectivity index (χ4v) is 3.55. The molecule has 0 aliphatic rings. The summed E-state index contributed by atoms with van der Waals surface area (Å²) in [4.78, 5) is 11.8. The number of carbonyl (C=O) groups excluding carboxylic acids is 1. The molecule has 0 spiro atoms. The third-order valence-electron chi connectivity index (χ3n) is 3.32. The minimum Gasteiger partial charge on any atom is -0.494 e. The van der Waals surface area contributed by atoms with E-state index in [1.807, 2.05) is 0 Å². The summed E-state index contributed by atoms with van der Waals surface area (Å²) >= 11 is 0. The molecule has 0 saturated carbocycles. The molecular weight excluding hydrogens is 388 g/mol. The Hall–Kier alpha value is -1.57. The van der Waals surface area contributed by atoms with E-state index in [0.29, 0.717) is 0 Å². The van der Waals surface area contributed by atoms with Crippen LogP contribution in [0.1, 0.15) is 39.2 Å². The van der Waals surface area contributed by atoms with Gasteiger partial charge in [-0.15, -0.1) is 0 Å². The third kappa shape index (κ3) is 7.91. The predicted molar refractivity (Wildman–Crippen MR) is 92.6 cm³/mol. The van der Waals surface area contributed by atoms with Crippen LogP contribution in [0.3, 0.4) is 0 Å². The van der Waals surface area contributed by atoms with Crippen LogP contribution in [0, 0.1) is 0 Å². The summed E-state index contributed by atoms with van der Waals surface area (Å²) in [6, 6.07) is 4.48. The van der Waals surface area contributed by atoms with Gasteiger partial charge in [-0.25, -0.2) is 0 Å². The Morgan fingerprint density at radius 2 is 1.81 bits per heavy atom. The van der Waals surface area contributed by atoms with Gasteiger partial charge in [-0.3, -0.25) is 9.36 Å². The van der Waals surface area contributed by atoms with E-state index in [1.165, 1.54) is 19.1 Å². The Morgan fingerprint density at radius 3 is 2.37 bits per heavy atom. The molecule has 1 aromatic rings. The Kier molecular flexibility index (Phi) is 9.29. The molecular formula is C17H24F3O6P. The van der Waals surface area contributed by atoms with E-state index in [9.17, 15) is 22.5 Å². The molecule has 1 aromatic carbocycles. The largest absolute Gasteiger partial charge is 0.494 e. The molecule has 0 bridgehead atoms. The molecule has 0 N–H and O–H groups in total. The van der Waals surface area contributed by atoms with Crippen LogP contribution in [0.15, 0.2) is 24.3 Å². The lowest BCUT2D eigenvalue weighted by Crippen LogP contribution is -2.18. The highest BCUT2D eigenvalue weighted by Crippen LogP contribution is 2.53. The lowest BCUT2D eigenvalue weighted by atomic mass is 10.2. The maximum absolute atomic E-state index is 12.6. The minimum atomic E-state index is -4.45. The molecule has 0 saturated heterocycles. The first-order chi connectivity index (χ1) is 12.6. The van der Waals surface area contributed by atoms with E-state index in [-0.39, 0.29) is 38.4 Å². The summed E-state index contributed by atoms with van der Waals surface area (Å²) < 4.78 is 70.8. The number of benzene rings is 1. The molecule has 1 rings (SSSR count). The quantitative estimate of drug-likeness (QED) is 0.289. The summed E-state index contributed by atoms with van der Waals surface area (Å²) in [7, 11) is -3.55. The number of alkyl halides is 3. The van der Waals surface area contributed by atoms with E-state index in [2.05, 4.69) is 0 Å². The van der Waals surface area contributed by atoms with Crippen molar-refractivity contribution in [3.63, 3.8) is 0 Å². The number of esters is 1. The van der Waals surface area contributed by atoms with Gasteiger partial charge in [0, 0.05) is 6.42 Å². The highest BCUT2D eigenvalue weighted by molar-refractivity contribution is 7.54. The lowest BCUT2D eigenvalue weighted by molar-refractivity contribution is -0.146. The standard InChI is InChI=1S/C17H24F3O6P/c1-4-24-27(22,25-5-2)13(3)26-16(21)10-7-11-23-15-9-6-8-14(12-15)17(18,19)20/h6,8-9,12-13H,4-5,7,10-11H2,1-3H3. The molecule has 0 heterocycles. The maximum atomic E-state index is 12.6. The fraction of sp³-hybridized carbons (Fsp3) is 0.588. The second-order valence-electron chi connectivity index (χ2n) is 5.44. The molecule has 0 aliphatic heterocycles. The molecule has 0 aromatic heterocycles. The zero-order valence-electron chi connectivity index (χ0n) is 15.5. The van der Waals surface area contributed by atoms with Crippen LogP contribution in [-0.4, -0.2) is 31.6 Å². The van der Waals surface area contributed by atoms with Crippen LogP contribution >= 0.6 is 7.60 Å². The molecule has 1 unspecified atom stereocenters. The average Bonchev–Trinajstić information content (AvgIpc) is 2.58. The Bertz CT molecular complexity index is 640. The molecule has 154 valence electrons. The smallest absolute Gasteiger partial charge is 0.416 e. The van der Waals surface area contributed by atoms with Gasteiger partial charge in [0.15, 0.2) is 5.85 Å². The van der Waals surface area contributed by atoms with Crippen LogP contribution in [0.2, 0.25) is 0 Å². The monoisotopic (exact) mass is 412 g/mol. The molecule has 1 atom stereocenters. The second-order valence-corrected chi connectivity index (χ2v) is 7.77. The van der Waals surface area contributed by atoms with Crippen molar-refractivity contribution >= 4 is 13.6 Å². The molecule has 0 radical (unpaired) electrons. The van der Waals surface area contributed by atoms with Crippen molar-refractivity contribution < 1.29 is 41.1 Å². The molecule has 27 heavy (non-hydrogen) atoms. The van der Waals surface area contributed by atoms with Gasteiger partial charge in [0.05, 0.1) is 25.4 Å². The summed E-state index contributed by atoms with van der Waals surface area (Å²) in [6.45, 7) is 5.02. The first-order valence-corrected chi connectivity index (χ1v) is 10.1. The number of halogens is 3. The summed E-state index contributed by atoms with van der Waals surface area (Å²) in [5.41, 5.74) is -0.809. The van der Waals surface area contributed by atoms with E-state index in [1.54, 1.807) is 13.8 Å². The van der Waals surface area contributed by atoms with Crippen LogP contribution in [0.4, 0.5) is 13.2 Å². The Morgan fingerprint density at radius 1 is 1.19 bits per heavy atom. The number of ether oxygens (including phenoxy) is 2. The van der Waals surface area contributed by atoms with Gasteiger partial charge in [0.2, 0.25) is 0 Å². The van der Waals surface area contributed by atoms with Crippen molar-refractivity contribution in [2.45, 2.75) is 45.6 Å². The molecule has 0 aliphatic carbocycles. The number of hydrogen-bond acceptors (Lipinski definition) is 6. The highest BCUT2D eigenvalue weighted by atomic mass is 31.2. The lowest BCUT2D eigenvalue weighted by Gasteiger charge is -2.23. The zero-order valence-corrected chi connectivity index (χ0v) is 16.3. The number of rotatable bonds is 11. The molecule has 10 heteroatoms. The van der Waals surface area contributed by atoms with Crippen LogP contribution in [0.5, 0.6) is 5.75 Å². The van der Waals surface area contributed by atoms with Crippen LogP contribution in [0.25, 0.3) is 0 Å². The molecule has 0 amide bonds. The number of hydrogen-bond donors (Lipinski definition) is 0. The minimum absolute atomic E-state index is 0.0272. The van der Waals surface area contributed by atoms with E-state index < -0.39 is 31.1 Å². The Labute approximate surface area is 156 Å². The first kappa shape index (κ1) is 23.5. The van der Waals surface area contributed by atoms with Gasteiger partial charge in [0.1, 0.15) is 5.75 Å². The van der Waals surface area contributed by atoms with E-state index in [0.717, 1.165) is 12.1 Å². The first-order valence-electron chi connectivity index (χ1n) is 8.50. The van der Waals surface area contributed by atoms with Crippen molar-refractivity contribution in [2.75, 3.05) is 19.8 Å². The average molecular weight is 412 g/mol. The van der Waals surface area contributed by atoms with Gasteiger partial charge in [-0.05, 0) is 45.4 Å². The summed E-state index contributed by atoms with van der Waals surface area (Å²) in [6.07, 6.45) is -4.29. The normalized spacial score (nSPS) is 13.3. The van der Waals surface area contributed by atoms with Crippen molar-refractivity contribution in [1.29, 1.82) is 0 Å². The van der Waals surface area contributed by atoms with Crippen molar-refractivity contribution in [3.05, 3.63) is 29.8 Å². The third-order valence-corrected chi connectivity index (χ3v) is 5.55. The van der Waals surface area contributed by atoms with E-state index in [4.69, 9.17) is 18.5 Å². The SMILES string of the molecule is CCOP(=O)(OCC)C(C)OC(=O)CCCOc1cccc(C(F)(F)F)c1. The van der Waals surface area contributed by atoms with Gasteiger partial charge in [0.25, 0.3) is 0 Å². The molecule has 0 fully saturated rings. The van der Waals surface area contributed by atoms with Crippen molar-refractivity contribution in [2.24, 2.45) is 0 Å². The van der Waals surface area contributed by atoms with Gasteiger partial charge >= 0.3 is 19.7 Å². The van der Waals surface area contributed by atoms with Crippen molar-refractivity contribution in [1.82, 2.24) is 0 Å². The van der Waals surface area contributed by atoms with Crippen molar-refractivity contribution in [3.8, 4) is 5.75 Å². The van der Waals surface area contributed by atoms with Crippen LogP contribution in [-0.2, 0) is 29.3 Å². The highest BCUT2D eigenvalue weighted by Gasteiger charge is 2.35. The fourth-order valence-electron chi connectivity index (χ4n) is 2.09. The predicted octanol–water partition coefficient (Wildman–Crippen LogP) is 5.02. The molecule has 6 nitrogen and oxygen atoms in total. The summed E-state index contributed by atoms with van der Waals surface area (Å²) in [5.74, 6) is -1.63. The zero-order chi connectivity index (χ0) is 20.5. The van der Waals surface area contributed by atoms with E-state index >= 15 is 0 Å². The second kappa shape index (κ2) is 10.7. The summed E-state index contributed by atoms with van der Waals surface area (Å²) in [5, 5.41) is 0. The van der Waals surface area contributed by atoms with Gasteiger partial charge in [-0.2, -0.15) is 13.2 Å². The van der Waals surface area contributed by atoms with Crippen LogP contribution < -0.4 is 4.74 Å². The maximum Gasteiger partial charge on any atom is 0.416 e. The van der Waals surface area contributed by atoms with Gasteiger partial charge in [-0.1, -0.05) is 6.07 Å². The topological polar surface area (TPSA) is 71.1 Å². The number of carbonyl (C=O) groups is 1. The Balaban J connectivity index is 2.44. The van der Waals surface area contributed by atoms with Gasteiger partial charge < -0.3 is 18.5 Å².